The van der Waals surface area contributed by atoms with Crippen LogP contribution in [0.25, 0.3) is 0 Å². The lowest BCUT2D eigenvalue weighted by molar-refractivity contribution is 0.0704. The maximum Gasteiger partial charge on any atom is 0.256 e. The highest BCUT2D eigenvalue weighted by molar-refractivity contribution is 5.95. The van der Waals surface area contributed by atoms with Gasteiger partial charge in [-0.05, 0) is 24.6 Å². The van der Waals surface area contributed by atoms with E-state index in [1.807, 2.05) is 59.0 Å². The van der Waals surface area contributed by atoms with E-state index in [4.69, 9.17) is 4.74 Å². The molecule has 0 radical (unpaired) electrons. The molecule has 0 fully saturated rings. The average Bonchev–Trinajstić information content (AvgIpc) is 3.09. The third kappa shape index (κ3) is 3.31. The number of carbonyl (C=O) groups is 1. The van der Waals surface area contributed by atoms with Crippen molar-refractivity contribution in [3.63, 3.8) is 0 Å². The van der Waals surface area contributed by atoms with Crippen LogP contribution in [0.3, 0.4) is 0 Å². The van der Waals surface area contributed by atoms with Crippen molar-refractivity contribution in [2.24, 2.45) is 0 Å². The minimum absolute atomic E-state index is 0.00908. The molecule has 4 rings (SSSR count). The first kappa shape index (κ1) is 16.3. The van der Waals surface area contributed by atoms with Crippen molar-refractivity contribution < 1.29 is 9.53 Å². The Kier molecular flexibility index (Phi) is 4.39. The number of fused-ring (bicyclic) bond motifs is 1. The van der Waals surface area contributed by atoms with E-state index >= 15 is 0 Å². The van der Waals surface area contributed by atoms with Gasteiger partial charge in [-0.1, -0.05) is 30.3 Å². The van der Waals surface area contributed by atoms with Gasteiger partial charge in [0.15, 0.2) is 0 Å². The molecule has 26 heavy (non-hydrogen) atoms. The number of nitrogens with zero attached hydrogens (tertiary/aromatic N) is 4. The van der Waals surface area contributed by atoms with Gasteiger partial charge in [0, 0.05) is 24.5 Å². The Bertz CT molecular complexity index is 921. The van der Waals surface area contributed by atoms with Crippen LogP contribution in [0, 0.1) is 6.92 Å². The van der Waals surface area contributed by atoms with Crippen molar-refractivity contribution >= 4 is 5.91 Å². The van der Waals surface area contributed by atoms with Gasteiger partial charge in [-0.25, -0.2) is 0 Å². The summed E-state index contributed by atoms with van der Waals surface area (Å²) in [7, 11) is 0. The fraction of sp³-hybridized carbons (Fsp3) is 0.250. The van der Waals surface area contributed by atoms with Crippen LogP contribution in [0.15, 0.2) is 54.7 Å². The van der Waals surface area contributed by atoms with E-state index in [9.17, 15) is 4.79 Å². The summed E-state index contributed by atoms with van der Waals surface area (Å²) in [5.41, 5.74) is 3.49. The molecular formula is C20H20N4O2. The Hall–Kier alpha value is -3.15. The zero-order valence-electron chi connectivity index (χ0n) is 14.6. The molecule has 0 saturated carbocycles. The van der Waals surface area contributed by atoms with Gasteiger partial charge in [0.25, 0.3) is 5.91 Å². The van der Waals surface area contributed by atoms with E-state index in [1.54, 1.807) is 12.3 Å². The quantitative estimate of drug-likeness (QED) is 0.727. The monoisotopic (exact) mass is 348 g/mol. The Morgan fingerprint density at radius 1 is 1.15 bits per heavy atom. The van der Waals surface area contributed by atoms with Crippen molar-refractivity contribution in [2.75, 3.05) is 6.54 Å². The molecule has 1 amide bonds. The highest BCUT2D eigenvalue weighted by Crippen LogP contribution is 2.21. The largest absolute Gasteiger partial charge is 0.472 e. The second-order valence-electron chi connectivity index (χ2n) is 6.33. The van der Waals surface area contributed by atoms with Crippen molar-refractivity contribution in [3.05, 3.63) is 77.2 Å². The number of ether oxygens (including phenoxy) is 1. The second kappa shape index (κ2) is 7.00. The van der Waals surface area contributed by atoms with Crippen molar-refractivity contribution in [2.45, 2.75) is 26.6 Å². The predicted octanol–water partition coefficient (Wildman–Crippen LogP) is 2.82. The highest BCUT2D eigenvalue weighted by Gasteiger charge is 2.24. The minimum atomic E-state index is 0.00908. The number of rotatable bonds is 4. The molecular weight excluding hydrogens is 328 g/mol. The molecule has 0 aliphatic carbocycles. The van der Waals surface area contributed by atoms with Crippen LogP contribution in [0.1, 0.15) is 27.3 Å². The van der Waals surface area contributed by atoms with Crippen LogP contribution in [0.5, 0.6) is 5.88 Å². The van der Waals surface area contributed by atoms with E-state index in [0.717, 1.165) is 17.0 Å². The molecule has 6 heteroatoms. The SMILES string of the molecule is Cc1ncccc1C(=O)N1CCn2nc(OCc3ccccc3)cc2C1. The van der Waals surface area contributed by atoms with Gasteiger partial charge < -0.3 is 9.64 Å². The zero-order valence-corrected chi connectivity index (χ0v) is 14.6. The lowest BCUT2D eigenvalue weighted by Crippen LogP contribution is -2.38. The summed E-state index contributed by atoms with van der Waals surface area (Å²) in [5.74, 6) is 0.602. The van der Waals surface area contributed by atoms with Crippen LogP contribution >= 0.6 is 0 Å². The van der Waals surface area contributed by atoms with Gasteiger partial charge in [0.2, 0.25) is 5.88 Å². The normalized spacial score (nSPS) is 13.3. The molecule has 1 aliphatic heterocycles. The van der Waals surface area contributed by atoms with Gasteiger partial charge in [-0.15, -0.1) is 5.10 Å². The summed E-state index contributed by atoms with van der Waals surface area (Å²) in [6.07, 6.45) is 1.70. The average molecular weight is 348 g/mol. The van der Waals surface area contributed by atoms with Crippen LogP contribution in [0.2, 0.25) is 0 Å². The second-order valence-corrected chi connectivity index (χ2v) is 6.33. The van der Waals surface area contributed by atoms with Crippen LogP contribution < -0.4 is 4.74 Å². The fourth-order valence-electron chi connectivity index (χ4n) is 3.10. The third-order valence-electron chi connectivity index (χ3n) is 4.53. The standard InChI is InChI=1S/C20H20N4O2/c1-15-18(8-5-9-21-15)20(25)23-10-11-24-17(13-23)12-19(22-24)26-14-16-6-3-2-4-7-16/h2-9,12H,10-11,13-14H2,1H3. The predicted molar refractivity (Wildman–Crippen MR) is 96.7 cm³/mol. The summed E-state index contributed by atoms with van der Waals surface area (Å²) in [6, 6.07) is 15.5. The van der Waals surface area contributed by atoms with Crippen molar-refractivity contribution in [3.8, 4) is 5.88 Å². The van der Waals surface area contributed by atoms with E-state index in [2.05, 4.69) is 10.1 Å². The first-order valence-corrected chi connectivity index (χ1v) is 8.65. The molecule has 2 aromatic heterocycles. The minimum Gasteiger partial charge on any atom is -0.472 e. The molecule has 0 spiro atoms. The summed E-state index contributed by atoms with van der Waals surface area (Å²) in [4.78, 5) is 18.8. The Morgan fingerprint density at radius 2 is 2.00 bits per heavy atom. The molecule has 0 N–H and O–H groups in total. The summed E-state index contributed by atoms with van der Waals surface area (Å²) >= 11 is 0. The Morgan fingerprint density at radius 3 is 2.81 bits per heavy atom. The molecule has 3 heterocycles. The lowest BCUT2D eigenvalue weighted by Gasteiger charge is -2.27. The number of hydrogen-bond acceptors (Lipinski definition) is 4. The van der Waals surface area contributed by atoms with E-state index < -0.39 is 0 Å². The topological polar surface area (TPSA) is 60.2 Å². The van der Waals surface area contributed by atoms with Gasteiger partial charge >= 0.3 is 0 Å². The van der Waals surface area contributed by atoms with Crippen LogP contribution in [0.4, 0.5) is 0 Å². The number of hydrogen-bond donors (Lipinski definition) is 0. The number of pyridine rings is 1. The van der Waals surface area contributed by atoms with E-state index in [1.165, 1.54) is 0 Å². The molecule has 0 saturated heterocycles. The van der Waals surface area contributed by atoms with E-state index in [0.29, 0.717) is 37.7 Å². The van der Waals surface area contributed by atoms with Gasteiger partial charge in [-0.3, -0.25) is 14.5 Å². The first-order valence-electron chi connectivity index (χ1n) is 8.65. The van der Waals surface area contributed by atoms with Crippen molar-refractivity contribution in [1.82, 2.24) is 19.7 Å². The third-order valence-corrected chi connectivity index (χ3v) is 4.53. The summed E-state index contributed by atoms with van der Waals surface area (Å²) in [6.45, 7) is 4.15. The summed E-state index contributed by atoms with van der Waals surface area (Å²) in [5, 5.41) is 4.49. The molecule has 0 bridgehead atoms. The lowest BCUT2D eigenvalue weighted by atomic mass is 10.1. The van der Waals surface area contributed by atoms with Crippen LogP contribution in [-0.2, 0) is 19.7 Å². The molecule has 1 aromatic carbocycles. The molecule has 1 aliphatic rings. The Balaban J connectivity index is 1.45. The zero-order chi connectivity index (χ0) is 17.9. The Labute approximate surface area is 152 Å². The molecule has 0 unspecified atom stereocenters. The van der Waals surface area contributed by atoms with Gasteiger partial charge in [-0.2, -0.15) is 0 Å². The molecule has 3 aromatic rings. The molecule has 132 valence electrons. The highest BCUT2D eigenvalue weighted by atomic mass is 16.5. The van der Waals surface area contributed by atoms with Crippen molar-refractivity contribution in [1.29, 1.82) is 0 Å². The maximum atomic E-state index is 12.8. The number of amides is 1. The number of benzene rings is 1. The number of aromatic nitrogens is 3. The van der Waals surface area contributed by atoms with E-state index in [-0.39, 0.29) is 5.91 Å². The molecule has 6 nitrogen and oxygen atoms in total. The van der Waals surface area contributed by atoms with Gasteiger partial charge in [0.1, 0.15) is 6.61 Å². The summed E-state index contributed by atoms with van der Waals surface area (Å²) < 4.78 is 7.72. The maximum absolute atomic E-state index is 12.8. The number of carbonyl (C=O) groups excluding carboxylic acids is 1. The van der Waals surface area contributed by atoms with Gasteiger partial charge in [0.05, 0.1) is 24.3 Å². The fourth-order valence-corrected chi connectivity index (χ4v) is 3.10. The number of aryl methyl sites for hydroxylation is 1. The molecule has 0 atom stereocenters. The smallest absolute Gasteiger partial charge is 0.256 e. The first-order chi connectivity index (χ1) is 12.7. The van der Waals surface area contributed by atoms with Crippen LogP contribution in [-0.4, -0.2) is 32.1 Å².